The molecule has 5 nitrogen and oxygen atoms in total. The number of benzene rings is 1. The van der Waals surface area contributed by atoms with Crippen molar-refractivity contribution in [2.45, 2.75) is 40.0 Å². The third-order valence-corrected chi connectivity index (χ3v) is 4.50. The molecule has 1 aromatic rings. The summed E-state index contributed by atoms with van der Waals surface area (Å²) in [5, 5.41) is 2.91. The van der Waals surface area contributed by atoms with Crippen LogP contribution < -0.4 is 5.32 Å². The molecule has 0 bridgehead atoms. The van der Waals surface area contributed by atoms with Gasteiger partial charge in [-0.25, -0.2) is 4.79 Å². The lowest BCUT2D eigenvalue weighted by atomic mass is 10.0. The SMILES string of the molecule is CCCNC(=O)N1CCCN(C(=O)Cc2ccc(C)cc2C)CC1. The van der Waals surface area contributed by atoms with Gasteiger partial charge in [-0.05, 0) is 37.8 Å². The van der Waals surface area contributed by atoms with E-state index >= 15 is 0 Å². The summed E-state index contributed by atoms with van der Waals surface area (Å²) in [6.07, 6.45) is 2.20. The summed E-state index contributed by atoms with van der Waals surface area (Å²) in [7, 11) is 0. The molecular formula is C19H29N3O2. The number of rotatable bonds is 4. The fraction of sp³-hybridized carbons (Fsp3) is 0.579. The quantitative estimate of drug-likeness (QED) is 0.921. The third-order valence-electron chi connectivity index (χ3n) is 4.50. The van der Waals surface area contributed by atoms with E-state index in [9.17, 15) is 9.59 Å². The zero-order valence-corrected chi connectivity index (χ0v) is 15.1. The van der Waals surface area contributed by atoms with E-state index in [-0.39, 0.29) is 11.9 Å². The van der Waals surface area contributed by atoms with Crippen LogP contribution in [-0.2, 0) is 11.2 Å². The molecule has 0 atom stereocenters. The normalized spacial score (nSPS) is 15.1. The molecule has 0 unspecified atom stereocenters. The van der Waals surface area contributed by atoms with Crippen LogP contribution in [-0.4, -0.2) is 54.5 Å². The van der Waals surface area contributed by atoms with Crippen molar-refractivity contribution in [1.82, 2.24) is 15.1 Å². The highest BCUT2D eigenvalue weighted by Gasteiger charge is 2.22. The number of carbonyl (C=O) groups is 2. The van der Waals surface area contributed by atoms with E-state index in [1.54, 1.807) is 0 Å². The molecule has 5 heteroatoms. The maximum absolute atomic E-state index is 12.6. The second kappa shape index (κ2) is 8.71. The van der Waals surface area contributed by atoms with E-state index in [1.807, 2.05) is 22.8 Å². The van der Waals surface area contributed by atoms with E-state index < -0.39 is 0 Å². The van der Waals surface area contributed by atoms with Crippen LogP contribution in [0.25, 0.3) is 0 Å². The lowest BCUT2D eigenvalue weighted by Crippen LogP contribution is -2.43. The van der Waals surface area contributed by atoms with Crippen LogP contribution in [0.1, 0.15) is 36.5 Å². The van der Waals surface area contributed by atoms with Gasteiger partial charge in [-0.15, -0.1) is 0 Å². The van der Waals surface area contributed by atoms with Crippen molar-refractivity contribution in [3.05, 3.63) is 34.9 Å². The molecule has 1 heterocycles. The summed E-state index contributed by atoms with van der Waals surface area (Å²) in [5.41, 5.74) is 3.47. The van der Waals surface area contributed by atoms with Crippen molar-refractivity contribution in [2.24, 2.45) is 0 Å². The molecule has 0 aliphatic carbocycles. The maximum atomic E-state index is 12.6. The lowest BCUT2D eigenvalue weighted by molar-refractivity contribution is -0.130. The van der Waals surface area contributed by atoms with Crippen molar-refractivity contribution in [3.8, 4) is 0 Å². The van der Waals surface area contributed by atoms with E-state index in [4.69, 9.17) is 0 Å². The van der Waals surface area contributed by atoms with Crippen LogP contribution in [0.2, 0.25) is 0 Å². The number of hydrogen-bond donors (Lipinski definition) is 1. The van der Waals surface area contributed by atoms with Gasteiger partial charge in [0.2, 0.25) is 5.91 Å². The van der Waals surface area contributed by atoms with Gasteiger partial charge in [-0.2, -0.15) is 0 Å². The molecule has 3 amide bonds. The number of urea groups is 1. The molecule has 1 aliphatic heterocycles. The zero-order valence-electron chi connectivity index (χ0n) is 15.1. The number of carbonyl (C=O) groups excluding carboxylic acids is 2. The van der Waals surface area contributed by atoms with E-state index in [1.165, 1.54) is 11.1 Å². The second-order valence-corrected chi connectivity index (χ2v) is 6.56. The van der Waals surface area contributed by atoms with Gasteiger partial charge in [0.15, 0.2) is 0 Å². The molecule has 132 valence electrons. The molecule has 0 spiro atoms. The summed E-state index contributed by atoms with van der Waals surface area (Å²) in [6, 6.07) is 6.20. The standard InChI is InChI=1S/C19H29N3O2/c1-4-8-20-19(24)22-10-5-9-21(11-12-22)18(23)14-17-7-6-15(2)13-16(17)3/h6-7,13H,4-5,8-12,14H2,1-3H3,(H,20,24). The molecular weight excluding hydrogens is 302 g/mol. The third kappa shape index (κ3) is 4.98. The first kappa shape index (κ1) is 18.3. The Balaban J connectivity index is 1.90. The van der Waals surface area contributed by atoms with Crippen molar-refractivity contribution in [3.63, 3.8) is 0 Å². The van der Waals surface area contributed by atoms with Crippen LogP contribution in [0.4, 0.5) is 4.79 Å². The summed E-state index contributed by atoms with van der Waals surface area (Å²) in [5.74, 6) is 0.151. The van der Waals surface area contributed by atoms with Crippen molar-refractivity contribution >= 4 is 11.9 Å². The maximum Gasteiger partial charge on any atom is 0.317 e. The largest absolute Gasteiger partial charge is 0.341 e. The predicted molar refractivity (Wildman–Crippen MR) is 96.1 cm³/mol. The topological polar surface area (TPSA) is 52.7 Å². The van der Waals surface area contributed by atoms with Crippen LogP contribution in [0.3, 0.4) is 0 Å². The average molecular weight is 331 g/mol. The van der Waals surface area contributed by atoms with Crippen LogP contribution >= 0.6 is 0 Å². The fourth-order valence-electron chi connectivity index (χ4n) is 3.03. The number of nitrogens with one attached hydrogen (secondary N) is 1. The monoisotopic (exact) mass is 331 g/mol. The van der Waals surface area contributed by atoms with E-state index in [2.05, 4.69) is 31.3 Å². The first-order chi connectivity index (χ1) is 11.5. The molecule has 1 saturated heterocycles. The molecule has 0 aromatic heterocycles. The van der Waals surface area contributed by atoms with Gasteiger partial charge in [0.05, 0.1) is 6.42 Å². The number of nitrogens with zero attached hydrogens (tertiary/aromatic N) is 2. The number of amides is 3. The van der Waals surface area contributed by atoms with Crippen LogP contribution in [0, 0.1) is 13.8 Å². The molecule has 1 fully saturated rings. The van der Waals surface area contributed by atoms with Gasteiger partial charge < -0.3 is 15.1 Å². The minimum absolute atomic E-state index is 0.0134. The first-order valence-electron chi connectivity index (χ1n) is 8.88. The summed E-state index contributed by atoms with van der Waals surface area (Å²) in [6.45, 7) is 9.51. The molecule has 1 aromatic carbocycles. The molecule has 1 aliphatic rings. The van der Waals surface area contributed by atoms with Crippen molar-refractivity contribution in [1.29, 1.82) is 0 Å². The lowest BCUT2D eigenvalue weighted by Gasteiger charge is -2.22. The molecule has 0 saturated carbocycles. The summed E-state index contributed by atoms with van der Waals surface area (Å²) < 4.78 is 0. The van der Waals surface area contributed by atoms with Gasteiger partial charge in [-0.1, -0.05) is 30.7 Å². The van der Waals surface area contributed by atoms with Gasteiger partial charge in [0.25, 0.3) is 0 Å². The van der Waals surface area contributed by atoms with Gasteiger partial charge in [0.1, 0.15) is 0 Å². The fourth-order valence-corrected chi connectivity index (χ4v) is 3.03. The van der Waals surface area contributed by atoms with Crippen molar-refractivity contribution < 1.29 is 9.59 Å². The predicted octanol–water partition coefficient (Wildman–Crippen LogP) is 2.50. The number of aryl methyl sites for hydroxylation is 2. The van der Waals surface area contributed by atoms with Crippen molar-refractivity contribution in [2.75, 3.05) is 32.7 Å². The van der Waals surface area contributed by atoms with E-state index in [0.29, 0.717) is 32.6 Å². The first-order valence-corrected chi connectivity index (χ1v) is 8.88. The Hall–Kier alpha value is -2.04. The second-order valence-electron chi connectivity index (χ2n) is 6.56. The Bertz CT molecular complexity index is 586. The Labute approximate surface area is 145 Å². The van der Waals surface area contributed by atoms with Gasteiger partial charge >= 0.3 is 6.03 Å². The number of hydrogen-bond acceptors (Lipinski definition) is 2. The minimum atomic E-state index is -0.0134. The Morgan fingerprint density at radius 2 is 1.79 bits per heavy atom. The summed E-state index contributed by atoms with van der Waals surface area (Å²) >= 11 is 0. The molecule has 24 heavy (non-hydrogen) atoms. The zero-order chi connectivity index (χ0) is 17.5. The van der Waals surface area contributed by atoms with Gasteiger partial charge in [-0.3, -0.25) is 4.79 Å². The average Bonchev–Trinajstić information content (AvgIpc) is 2.81. The van der Waals surface area contributed by atoms with E-state index in [0.717, 1.165) is 24.9 Å². The Kier molecular flexibility index (Phi) is 6.64. The van der Waals surface area contributed by atoms with Gasteiger partial charge in [0, 0.05) is 32.7 Å². The van der Waals surface area contributed by atoms with Crippen LogP contribution in [0.5, 0.6) is 0 Å². The smallest absolute Gasteiger partial charge is 0.317 e. The summed E-state index contributed by atoms with van der Waals surface area (Å²) in [4.78, 5) is 28.4. The highest BCUT2D eigenvalue weighted by atomic mass is 16.2. The molecule has 1 N–H and O–H groups in total. The Morgan fingerprint density at radius 1 is 1.08 bits per heavy atom. The van der Waals surface area contributed by atoms with Crippen LogP contribution in [0.15, 0.2) is 18.2 Å². The molecule has 0 radical (unpaired) electrons. The highest BCUT2D eigenvalue weighted by Crippen LogP contribution is 2.13. The highest BCUT2D eigenvalue weighted by molar-refractivity contribution is 5.79. The minimum Gasteiger partial charge on any atom is -0.341 e. The Morgan fingerprint density at radius 3 is 2.50 bits per heavy atom. The molecule has 2 rings (SSSR count).